The number of aliphatic carboxylic acids is 1. The van der Waals surface area contributed by atoms with Gasteiger partial charge >= 0.3 is 5.97 Å². The van der Waals surface area contributed by atoms with E-state index in [2.05, 4.69) is 5.32 Å². The third-order valence-corrected chi connectivity index (χ3v) is 2.53. The van der Waals surface area contributed by atoms with Crippen molar-refractivity contribution in [3.05, 3.63) is 23.8 Å². The number of nitrogens with one attached hydrogen (secondary N) is 1. The average Bonchev–Trinajstić information content (AvgIpc) is 2.29. The Bertz CT molecular complexity index is 443. The van der Waals surface area contributed by atoms with Crippen molar-refractivity contribution >= 4 is 17.6 Å². The Labute approximate surface area is 105 Å². The summed E-state index contributed by atoms with van der Waals surface area (Å²) in [6.45, 7) is 1.75. The van der Waals surface area contributed by atoms with Gasteiger partial charge in [0.1, 0.15) is 5.75 Å². The summed E-state index contributed by atoms with van der Waals surface area (Å²) in [5, 5.41) is 20.5. The summed E-state index contributed by atoms with van der Waals surface area (Å²) in [7, 11) is 0. The van der Waals surface area contributed by atoms with Crippen LogP contribution < -0.4 is 5.32 Å². The van der Waals surface area contributed by atoms with E-state index in [4.69, 9.17) is 5.11 Å². The zero-order valence-electron chi connectivity index (χ0n) is 10.3. The van der Waals surface area contributed by atoms with Gasteiger partial charge < -0.3 is 15.5 Å². The summed E-state index contributed by atoms with van der Waals surface area (Å²) >= 11 is 0. The zero-order chi connectivity index (χ0) is 13.5. The second-order valence-corrected chi connectivity index (χ2v) is 4.15. The van der Waals surface area contributed by atoms with Gasteiger partial charge in [-0.15, -0.1) is 0 Å². The molecule has 1 rings (SSSR count). The van der Waals surface area contributed by atoms with E-state index in [9.17, 15) is 14.7 Å². The number of phenols is 1. The highest BCUT2D eigenvalue weighted by Crippen LogP contribution is 2.20. The lowest BCUT2D eigenvalue weighted by Gasteiger charge is -2.06. The van der Waals surface area contributed by atoms with E-state index in [0.717, 1.165) is 0 Å². The van der Waals surface area contributed by atoms with Crippen LogP contribution >= 0.6 is 0 Å². The molecule has 0 aliphatic carbocycles. The maximum Gasteiger partial charge on any atom is 0.303 e. The minimum Gasteiger partial charge on any atom is -0.508 e. The molecule has 5 heteroatoms. The van der Waals surface area contributed by atoms with Crippen LogP contribution in [0, 0.1) is 6.92 Å². The lowest BCUT2D eigenvalue weighted by Crippen LogP contribution is -2.11. The molecule has 0 aliphatic rings. The number of benzene rings is 1. The van der Waals surface area contributed by atoms with Crippen molar-refractivity contribution in [1.82, 2.24) is 0 Å². The predicted octanol–water partition coefficient (Wildman–Crippen LogP) is 2.28. The maximum atomic E-state index is 11.5. The third kappa shape index (κ3) is 4.86. The van der Waals surface area contributed by atoms with Gasteiger partial charge in [0.25, 0.3) is 0 Å². The number of amides is 1. The molecule has 18 heavy (non-hydrogen) atoms. The molecule has 0 fully saturated rings. The Kier molecular flexibility index (Phi) is 5.17. The zero-order valence-corrected chi connectivity index (χ0v) is 10.3. The SMILES string of the molecule is Cc1cc(NC(=O)CCCCC(=O)O)ccc1O. The number of carbonyl (C=O) groups is 2. The molecule has 1 aromatic carbocycles. The van der Waals surface area contributed by atoms with E-state index in [0.29, 0.717) is 30.5 Å². The van der Waals surface area contributed by atoms with Crippen LogP contribution in [0.5, 0.6) is 5.75 Å². The number of anilines is 1. The Morgan fingerprint density at radius 3 is 2.50 bits per heavy atom. The molecule has 3 N–H and O–H groups in total. The molecule has 0 aromatic heterocycles. The average molecular weight is 251 g/mol. The molecule has 98 valence electrons. The number of unbranched alkanes of at least 4 members (excludes halogenated alkanes) is 1. The molecule has 1 aromatic rings. The predicted molar refractivity (Wildman–Crippen MR) is 67.6 cm³/mol. The molecule has 0 atom stereocenters. The van der Waals surface area contributed by atoms with Gasteiger partial charge in [-0.2, -0.15) is 0 Å². The molecule has 0 unspecified atom stereocenters. The van der Waals surface area contributed by atoms with Crippen LogP contribution in [0.4, 0.5) is 5.69 Å². The van der Waals surface area contributed by atoms with E-state index < -0.39 is 5.97 Å². The second-order valence-electron chi connectivity index (χ2n) is 4.15. The molecule has 0 aliphatic heterocycles. The number of carboxylic acid groups (broad SMARTS) is 1. The lowest BCUT2D eigenvalue weighted by atomic mass is 10.1. The fourth-order valence-electron chi connectivity index (χ4n) is 1.52. The molecule has 0 bridgehead atoms. The van der Waals surface area contributed by atoms with E-state index >= 15 is 0 Å². The van der Waals surface area contributed by atoms with Crippen molar-refractivity contribution in [1.29, 1.82) is 0 Å². The molecule has 5 nitrogen and oxygen atoms in total. The number of hydrogen-bond acceptors (Lipinski definition) is 3. The fourth-order valence-corrected chi connectivity index (χ4v) is 1.52. The number of rotatable bonds is 6. The van der Waals surface area contributed by atoms with Gasteiger partial charge in [-0.05, 0) is 43.5 Å². The minimum atomic E-state index is -0.843. The Morgan fingerprint density at radius 2 is 1.89 bits per heavy atom. The monoisotopic (exact) mass is 251 g/mol. The number of hydrogen-bond donors (Lipinski definition) is 3. The molecule has 0 radical (unpaired) electrons. The minimum absolute atomic E-state index is 0.0889. The third-order valence-electron chi connectivity index (χ3n) is 2.53. The first-order valence-electron chi connectivity index (χ1n) is 5.80. The van der Waals surface area contributed by atoms with Gasteiger partial charge in [-0.25, -0.2) is 0 Å². The molecule has 0 saturated carbocycles. The van der Waals surface area contributed by atoms with Crippen molar-refractivity contribution in [3.63, 3.8) is 0 Å². The number of phenolic OH excluding ortho intramolecular Hbond substituents is 1. The van der Waals surface area contributed by atoms with Gasteiger partial charge in [0.05, 0.1) is 0 Å². The van der Waals surface area contributed by atoms with Gasteiger partial charge in [0.15, 0.2) is 0 Å². The van der Waals surface area contributed by atoms with Crippen LogP contribution in [0.15, 0.2) is 18.2 Å². The van der Waals surface area contributed by atoms with Gasteiger partial charge in [0.2, 0.25) is 5.91 Å². The first-order valence-corrected chi connectivity index (χ1v) is 5.80. The van der Waals surface area contributed by atoms with Gasteiger partial charge in [0, 0.05) is 18.5 Å². The Morgan fingerprint density at radius 1 is 1.22 bits per heavy atom. The van der Waals surface area contributed by atoms with Crippen LogP contribution in [0.3, 0.4) is 0 Å². The van der Waals surface area contributed by atoms with Crippen molar-refractivity contribution in [3.8, 4) is 5.75 Å². The van der Waals surface area contributed by atoms with Crippen molar-refractivity contribution in [2.24, 2.45) is 0 Å². The van der Waals surface area contributed by atoms with Crippen LogP contribution in [0.25, 0.3) is 0 Å². The van der Waals surface area contributed by atoms with Gasteiger partial charge in [-0.1, -0.05) is 0 Å². The van der Waals surface area contributed by atoms with E-state index in [1.165, 1.54) is 6.07 Å². The Hall–Kier alpha value is -2.04. The highest BCUT2D eigenvalue weighted by atomic mass is 16.4. The summed E-state index contributed by atoms with van der Waals surface area (Å²) in [6, 6.07) is 4.83. The molecule has 0 saturated heterocycles. The molecule has 0 spiro atoms. The topological polar surface area (TPSA) is 86.6 Å². The summed E-state index contributed by atoms with van der Waals surface area (Å²) < 4.78 is 0. The first kappa shape index (κ1) is 14.0. The fraction of sp³-hybridized carbons (Fsp3) is 0.385. The van der Waals surface area contributed by atoms with E-state index in [1.807, 2.05) is 0 Å². The smallest absolute Gasteiger partial charge is 0.303 e. The van der Waals surface area contributed by atoms with Crippen LogP contribution in [0.2, 0.25) is 0 Å². The largest absolute Gasteiger partial charge is 0.508 e. The summed E-state index contributed by atoms with van der Waals surface area (Å²) in [4.78, 5) is 21.8. The highest BCUT2D eigenvalue weighted by molar-refractivity contribution is 5.90. The molecular formula is C13H17NO4. The van der Waals surface area contributed by atoms with Crippen LogP contribution in [-0.2, 0) is 9.59 Å². The molecule has 1 amide bonds. The quantitative estimate of drug-likeness (QED) is 0.534. The van der Waals surface area contributed by atoms with Gasteiger partial charge in [-0.3, -0.25) is 9.59 Å². The van der Waals surface area contributed by atoms with Crippen molar-refractivity contribution < 1.29 is 19.8 Å². The summed E-state index contributed by atoms with van der Waals surface area (Å²) in [5.74, 6) is -0.801. The van der Waals surface area contributed by atoms with E-state index in [-0.39, 0.29) is 18.1 Å². The summed E-state index contributed by atoms with van der Waals surface area (Å²) in [6.07, 6.45) is 1.44. The van der Waals surface area contributed by atoms with Crippen molar-refractivity contribution in [2.75, 3.05) is 5.32 Å². The Balaban J connectivity index is 2.35. The van der Waals surface area contributed by atoms with Crippen LogP contribution in [0.1, 0.15) is 31.2 Å². The highest BCUT2D eigenvalue weighted by Gasteiger charge is 2.05. The number of carboxylic acids is 1. The first-order chi connectivity index (χ1) is 8.49. The maximum absolute atomic E-state index is 11.5. The second kappa shape index (κ2) is 6.64. The molecule has 0 heterocycles. The normalized spacial score (nSPS) is 10.1. The van der Waals surface area contributed by atoms with Crippen molar-refractivity contribution in [2.45, 2.75) is 32.6 Å². The molecular weight excluding hydrogens is 234 g/mol. The number of aromatic hydroxyl groups is 1. The lowest BCUT2D eigenvalue weighted by molar-refractivity contribution is -0.137. The standard InChI is InChI=1S/C13H17NO4/c1-9-8-10(6-7-11(9)15)14-12(16)4-2-3-5-13(17)18/h6-8,15H,2-5H2,1H3,(H,14,16)(H,17,18). The number of carbonyl (C=O) groups excluding carboxylic acids is 1. The van der Waals surface area contributed by atoms with Crippen LogP contribution in [-0.4, -0.2) is 22.1 Å². The number of aryl methyl sites for hydroxylation is 1. The van der Waals surface area contributed by atoms with E-state index in [1.54, 1.807) is 19.1 Å². The summed E-state index contributed by atoms with van der Waals surface area (Å²) in [5.41, 5.74) is 1.33.